The second kappa shape index (κ2) is 9.54. The van der Waals surface area contributed by atoms with Gasteiger partial charge in [0, 0.05) is 21.8 Å². The van der Waals surface area contributed by atoms with Crippen LogP contribution in [0.2, 0.25) is 0 Å². The fourth-order valence-electron chi connectivity index (χ4n) is 5.81. The van der Waals surface area contributed by atoms with Crippen molar-refractivity contribution in [3.05, 3.63) is 89.5 Å². The lowest BCUT2D eigenvalue weighted by atomic mass is 9.81. The van der Waals surface area contributed by atoms with Crippen molar-refractivity contribution in [1.29, 1.82) is 5.26 Å². The summed E-state index contributed by atoms with van der Waals surface area (Å²) in [6.07, 6.45) is -7.90. The Balaban J connectivity index is 1.51. The van der Waals surface area contributed by atoms with E-state index in [2.05, 4.69) is 6.07 Å². The fourth-order valence-corrected chi connectivity index (χ4v) is 6.91. The van der Waals surface area contributed by atoms with E-state index in [0.29, 0.717) is 27.5 Å². The van der Waals surface area contributed by atoms with Gasteiger partial charge in [0.2, 0.25) is 0 Å². The van der Waals surface area contributed by atoms with Crippen LogP contribution in [0.15, 0.2) is 77.2 Å². The Labute approximate surface area is 243 Å². The number of fused-ring (bicyclic) bond motifs is 6. The van der Waals surface area contributed by atoms with Crippen molar-refractivity contribution < 1.29 is 39.0 Å². The van der Waals surface area contributed by atoms with Gasteiger partial charge < -0.3 is 8.60 Å². The Morgan fingerprint density at radius 2 is 1.51 bits per heavy atom. The maximum atomic E-state index is 14.2. The monoisotopic (exact) mass is 611 g/mol. The standard InChI is InChI=1S/C32H22F5NO4S/c1-30(2)25-13-18(15-38)7-9-21(25)22-10-8-19(14-26(22)30)20-11-12-24-23-5-3-4-6-27(23)41-28(24)29(20)42-43(39,40)17-31(33,34)16-32(35,36)37/h3-14H,16-17H2,1-2H3. The molecule has 4 aromatic carbocycles. The molecule has 0 bridgehead atoms. The number of rotatable bonds is 6. The highest BCUT2D eigenvalue weighted by atomic mass is 32.2. The predicted octanol–water partition coefficient (Wildman–Crippen LogP) is 8.73. The zero-order valence-corrected chi connectivity index (χ0v) is 23.5. The summed E-state index contributed by atoms with van der Waals surface area (Å²) in [4.78, 5) is 0. The Kier molecular flexibility index (Phi) is 6.36. The highest BCUT2D eigenvalue weighted by Gasteiger charge is 2.47. The van der Waals surface area contributed by atoms with Gasteiger partial charge in [0.15, 0.2) is 17.1 Å². The van der Waals surface area contributed by atoms with E-state index in [0.717, 1.165) is 22.3 Å². The summed E-state index contributed by atoms with van der Waals surface area (Å²) in [7, 11) is -5.25. The van der Waals surface area contributed by atoms with E-state index < -0.39 is 45.6 Å². The van der Waals surface area contributed by atoms with Crippen LogP contribution in [0.25, 0.3) is 44.2 Å². The van der Waals surface area contributed by atoms with Crippen LogP contribution in [0.5, 0.6) is 5.75 Å². The molecule has 43 heavy (non-hydrogen) atoms. The molecule has 6 rings (SSSR count). The summed E-state index contributed by atoms with van der Waals surface area (Å²) in [5.41, 5.74) is 4.55. The predicted molar refractivity (Wildman–Crippen MR) is 151 cm³/mol. The van der Waals surface area contributed by atoms with Crippen LogP contribution in [0.3, 0.4) is 0 Å². The molecule has 0 unspecified atom stereocenters. The van der Waals surface area contributed by atoms with Crippen molar-refractivity contribution in [1.82, 2.24) is 0 Å². The van der Waals surface area contributed by atoms with Gasteiger partial charge in [-0.15, -0.1) is 0 Å². The summed E-state index contributed by atoms with van der Waals surface area (Å²) >= 11 is 0. The van der Waals surface area contributed by atoms with E-state index >= 15 is 0 Å². The van der Waals surface area contributed by atoms with Crippen LogP contribution in [0.1, 0.15) is 37.0 Å². The van der Waals surface area contributed by atoms with Gasteiger partial charge in [-0.1, -0.05) is 50.2 Å². The number of halogens is 5. The van der Waals surface area contributed by atoms with Crippen molar-refractivity contribution in [2.45, 2.75) is 37.8 Å². The van der Waals surface area contributed by atoms with Crippen LogP contribution in [0.4, 0.5) is 22.0 Å². The molecule has 1 aromatic heterocycles. The van der Waals surface area contributed by atoms with Crippen molar-refractivity contribution in [2.75, 3.05) is 5.75 Å². The van der Waals surface area contributed by atoms with Crippen molar-refractivity contribution in [3.63, 3.8) is 0 Å². The average Bonchev–Trinajstić information content (AvgIpc) is 3.39. The quantitative estimate of drug-likeness (QED) is 0.142. The van der Waals surface area contributed by atoms with Gasteiger partial charge in [-0.2, -0.15) is 26.9 Å². The molecule has 0 fully saturated rings. The Morgan fingerprint density at radius 1 is 0.860 bits per heavy atom. The molecule has 5 nitrogen and oxygen atoms in total. The number of nitrogens with zero attached hydrogens (tertiary/aromatic N) is 1. The van der Waals surface area contributed by atoms with E-state index in [1.54, 1.807) is 48.5 Å². The number of para-hydroxylation sites is 1. The molecule has 0 aliphatic heterocycles. The zero-order chi connectivity index (χ0) is 30.9. The summed E-state index contributed by atoms with van der Waals surface area (Å²) in [6.45, 7) is 3.96. The molecule has 1 aliphatic rings. The van der Waals surface area contributed by atoms with Gasteiger partial charge in [0.1, 0.15) is 12.0 Å². The first-order valence-corrected chi connectivity index (χ1v) is 14.7. The first-order valence-electron chi connectivity index (χ1n) is 13.1. The molecule has 0 spiro atoms. The van der Waals surface area contributed by atoms with Gasteiger partial charge in [0.25, 0.3) is 5.92 Å². The van der Waals surface area contributed by atoms with Crippen molar-refractivity contribution in [2.24, 2.45) is 0 Å². The van der Waals surface area contributed by atoms with E-state index in [9.17, 15) is 35.6 Å². The van der Waals surface area contributed by atoms with Gasteiger partial charge in [-0.25, -0.2) is 8.78 Å². The number of benzene rings is 4. The molecule has 0 amide bonds. The lowest BCUT2D eigenvalue weighted by Gasteiger charge is -2.22. The van der Waals surface area contributed by atoms with E-state index in [1.807, 2.05) is 38.1 Å². The third-order valence-electron chi connectivity index (χ3n) is 7.67. The highest BCUT2D eigenvalue weighted by Crippen LogP contribution is 2.51. The maximum Gasteiger partial charge on any atom is 0.394 e. The number of hydrogen-bond acceptors (Lipinski definition) is 5. The van der Waals surface area contributed by atoms with Crippen molar-refractivity contribution >= 4 is 32.1 Å². The lowest BCUT2D eigenvalue weighted by Crippen LogP contribution is -2.35. The Bertz CT molecular complexity index is 2090. The number of hydrogen-bond donors (Lipinski definition) is 0. The smallest absolute Gasteiger partial charge is 0.394 e. The van der Waals surface area contributed by atoms with Crippen LogP contribution < -0.4 is 4.18 Å². The molecule has 0 saturated heterocycles. The van der Waals surface area contributed by atoms with Crippen molar-refractivity contribution in [3.8, 4) is 34.1 Å². The summed E-state index contributed by atoms with van der Waals surface area (Å²) in [6, 6.07) is 22.9. The molecule has 5 aromatic rings. The molecule has 1 aliphatic carbocycles. The molecule has 0 N–H and O–H groups in total. The number of furan rings is 1. The molecule has 0 radical (unpaired) electrons. The summed E-state index contributed by atoms with van der Waals surface area (Å²) < 4.78 is 104. The largest absolute Gasteiger partial charge is 0.452 e. The fraction of sp³-hybridized carbons (Fsp3) is 0.219. The molecule has 0 saturated carbocycles. The van der Waals surface area contributed by atoms with Gasteiger partial charge in [0.05, 0.1) is 11.6 Å². The minimum absolute atomic E-state index is 0.0527. The zero-order valence-electron chi connectivity index (χ0n) is 22.7. The normalized spacial score (nSPS) is 14.5. The lowest BCUT2D eigenvalue weighted by molar-refractivity contribution is -0.181. The molecular weight excluding hydrogens is 589 g/mol. The van der Waals surface area contributed by atoms with Gasteiger partial charge in [-0.05, 0) is 64.2 Å². The average molecular weight is 612 g/mol. The van der Waals surface area contributed by atoms with Crippen LogP contribution in [0, 0.1) is 11.3 Å². The van der Waals surface area contributed by atoms with E-state index in [-0.39, 0.29) is 11.1 Å². The summed E-state index contributed by atoms with van der Waals surface area (Å²) in [5.74, 6) is -7.20. The number of alkyl halides is 5. The third kappa shape index (κ3) is 5.10. The molecular formula is C32H22F5NO4S. The first-order chi connectivity index (χ1) is 20.1. The molecule has 1 heterocycles. The van der Waals surface area contributed by atoms with Gasteiger partial charge in [-0.3, -0.25) is 0 Å². The highest BCUT2D eigenvalue weighted by molar-refractivity contribution is 7.87. The molecule has 220 valence electrons. The topological polar surface area (TPSA) is 80.3 Å². The molecule has 0 atom stereocenters. The summed E-state index contributed by atoms with van der Waals surface area (Å²) in [5, 5.41) is 10.5. The minimum atomic E-state index is -5.29. The maximum absolute atomic E-state index is 14.2. The van der Waals surface area contributed by atoms with E-state index in [4.69, 9.17) is 8.60 Å². The number of nitriles is 1. The minimum Gasteiger partial charge on any atom is -0.452 e. The SMILES string of the molecule is CC1(C)c2cc(C#N)ccc2-c2ccc(-c3ccc4c(oc5ccccc54)c3OS(=O)(=O)CC(F)(F)CC(F)(F)F)cc21. The van der Waals surface area contributed by atoms with E-state index in [1.165, 1.54) is 0 Å². The van der Waals surface area contributed by atoms with Crippen LogP contribution >= 0.6 is 0 Å². The van der Waals surface area contributed by atoms with Gasteiger partial charge >= 0.3 is 16.3 Å². The van der Waals surface area contributed by atoms with Crippen LogP contribution in [-0.2, 0) is 15.5 Å². The Hall–Kier alpha value is -4.43. The van der Waals surface area contributed by atoms with Crippen LogP contribution in [-0.4, -0.2) is 26.3 Å². The second-order valence-corrected chi connectivity index (χ2v) is 12.7. The third-order valence-corrected chi connectivity index (χ3v) is 8.87. The second-order valence-electron chi connectivity index (χ2n) is 11.1. The first kappa shape index (κ1) is 28.7. The molecule has 11 heteroatoms. The Morgan fingerprint density at radius 3 is 2.21 bits per heavy atom.